The van der Waals surface area contributed by atoms with E-state index in [-0.39, 0.29) is 55.9 Å². The monoisotopic (exact) mass is 574 g/mol. The molecular weight excluding hydrogens is 528 g/mol. The molecule has 1 aliphatic rings. The Labute approximate surface area is 250 Å². The number of carbonyl (C=O) groups excluding carboxylic acids is 3. The highest BCUT2D eigenvalue weighted by Gasteiger charge is 2.35. The predicted octanol–water partition coefficient (Wildman–Crippen LogP) is 5.34. The zero-order valence-electron chi connectivity index (χ0n) is 24.7. The molecule has 3 atom stereocenters. The van der Waals surface area contributed by atoms with Crippen LogP contribution in [0.1, 0.15) is 56.1 Å². The molecule has 2 aromatic rings. The standard InChI is InChI=1S/C35H46N2O5/c1-3-5-8-19-31(24-28-15-9-6-10-16-28)35(41)42-27-32-20-13-21-37(32)34(40)30(14-4-2)25-33(39)36(22-23-38)26-29-17-11-7-12-18-29/h3-4,6-7,9-12,15-18,30-32,38H,1-2,5,8,13-14,19-27H2. The first kappa shape index (κ1) is 32.8. The summed E-state index contributed by atoms with van der Waals surface area (Å²) in [7, 11) is 0. The van der Waals surface area contributed by atoms with E-state index in [0.29, 0.717) is 32.4 Å². The van der Waals surface area contributed by atoms with Gasteiger partial charge in [-0.2, -0.15) is 0 Å². The van der Waals surface area contributed by atoms with Crippen molar-refractivity contribution >= 4 is 17.8 Å². The Morgan fingerprint density at radius 1 is 1.00 bits per heavy atom. The Morgan fingerprint density at radius 2 is 1.69 bits per heavy atom. The molecular formula is C35H46N2O5. The fourth-order valence-electron chi connectivity index (χ4n) is 5.57. The summed E-state index contributed by atoms with van der Waals surface area (Å²) in [5.74, 6) is -1.35. The van der Waals surface area contributed by atoms with Crippen molar-refractivity contribution in [2.75, 3.05) is 26.3 Å². The fourth-order valence-corrected chi connectivity index (χ4v) is 5.57. The van der Waals surface area contributed by atoms with Crippen LogP contribution in [0.4, 0.5) is 0 Å². The minimum Gasteiger partial charge on any atom is -0.463 e. The molecule has 3 rings (SSSR count). The van der Waals surface area contributed by atoms with Crippen LogP contribution in [0.5, 0.6) is 0 Å². The quantitative estimate of drug-likeness (QED) is 0.148. The lowest BCUT2D eigenvalue weighted by Crippen LogP contribution is -2.44. The van der Waals surface area contributed by atoms with Gasteiger partial charge in [-0.05, 0) is 56.1 Å². The molecule has 42 heavy (non-hydrogen) atoms. The molecule has 2 aromatic carbocycles. The minimum atomic E-state index is -0.562. The molecule has 1 fully saturated rings. The van der Waals surface area contributed by atoms with Crippen molar-refractivity contribution in [3.8, 4) is 0 Å². The van der Waals surface area contributed by atoms with E-state index in [1.807, 2.05) is 66.7 Å². The highest BCUT2D eigenvalue weighted by molar-refractivity contribution is 5.86. The Kier molecular flexibility index (Phi) is 14.0. The van der Waals surface area contributed by atoms with Gasteiger partial charge < -0.3 is 19.6 Å². The number of aliphatic hydroxyl groups excluding tert-OH is 1. The number of rotatable bonds is 18. The number of unbranched alkanes of at least 4 members (excludes halogenated alkanes) is 1. The topological polar surface area (TPSA) is 87.2 Å². The van der Waals surface area contributed by atoms with Gasteiger partial charge in [0.15, 0.2) is 0 Å². The lowest BCUT2D eigenvalue weighted by molar-refractivity contribution is -0.153. The Balaban J connectivity index is 1.62. The first-order chi connectivity index (χ1) is 20.5. The number of hydrogen-bond acceptors (Lipinski definition) is 5. The summed E-state index contributed by atoms with van der Waals surface area (Å²) in [5, 5.41) is 9.57. The summed E-state index contributed by atoms with van der Waals surface area (Å²) >= 11 is 0. The molecule has 7 nitrogen and oxygen atoms in total. The molecule has 226 valence electrons. The summed E-state index contributed by atoms with van der Waals surface area (Å²) < 4.78 is 5.85. The maximum absolute atomic E-state index is 13.7. The molecule has 2 amide bonds. The van der Waals surface area contributed by atoms with Crippen molar-refractivity contribution in [2.45, 2.75) is 64.0 Å². The Bertz CT molecular complexity index is 1140. The van der Waals surface area contributed by atoms with Gasteiger partial charge in [0.2, 0.25) is 11.8 Å². The molecule has 1 aliphatic heterocycles. The molecule has 0 aliphatic carbocycles. The third-order valence-corrected chi connectivity index (χ3v) is 7.86. The number of ether oxygens (including phenoxy) is 1. The van der Waals surface area contributed by atoms with E-state index in [0.717, 1.165) is 36.8 Å². The van der Waals surface area contributed by atoms with Gasteiger partial charge in [-0.15, -0.1) is 13.2 Å². The predicted molar refractivity (Wildman–Crippen MR) is 165 cm³/mol. The van der Waals surface area contributed by atoms with E-state index in [9.17, 15) is 19.5 Å². The van der Waals surface area contributed by atoms with Crippen LogP contribution in [0.2, 0.25) is 0 Å². The van der Waals surface area contributed by atoms with Crippen LogP contribution in [0, 0.1) is 11.8 Å². The number of carbonyl (C=O) groups is 3. The van der Waals surface area contributed by atoms with E-state index >= 15 is 0 Å². The van der Waals surface area contributed by atoms with Crippen molar-refractivity contribution < 1.29 is 24.2 Å². The zero-order valence-corrected chi connectivity index (χ0v) is 24.7. The first-order valence-corrected chi connectivity index (χ1v) is 15.1. The van der Waals surface area contributed by atoms with Crippen molar-refractivity contribution in [3.05, 3.63) is 97.1 Å². The van der Waals surface area contributed by atoms with Crippen LogP contribution in [0.3, 0.4) is 0 Å². The number of nitrogens with zero attached hydrogens (tertiary/aromatic N) is 2. The molecule has 1 saturated heterocycles. The summed E-state index contributed by atoms with van der Waals surface area (Å²) in [6.45, 7) is 8.73. The second-order valence-corrected chi connectivity index (χ2v) is 11.0. The van der Waals surface area contributed by atoms with Gasteiger partial charge in [-0.1, -0.05) is 72.8 Å². The molecule has 0 spiro atoms. The highest BCUT2D eigenvalue weighted by atomic mass is 16.5. The number of esters is 1. The zero-order chi connectivity index (χ0) is 30.2. The molecule has 0 aromatic heterocycles. The number of benzene rings is 2. The van der Waals surface area contributed by atoms with Crippen LogP contribution >= 0.6 is 0 Å². The molecule has 0 saturated carbocycles. The summed E-state index contributed by atoms with van der Waals surface area (Å²) in [6.07, 6.45) is 8.53. The van der Waals surface area contributed by atoms with Crippen molar-refractivity contribution in [2.24, 2.45) is 11.8 Å². The molecule has 1 heterocycles. The minimum absolute atomic E-state index is 0.0309. The van der Waals surface area contributed by atoms with Crippen LogP contribution in [-0.2, 0) is 32.1 Å². The molecule has 0 bridgehead atoms. The van der Waals surface area contributed by atoms with Gasteiger partial charge in [0, 0.05) is 26.1 Å². The number of allylic oxidation sites excluding steroid dienone is 2. The van der Waals surface area contributed by atoms with Gasteiger partial charge >= 0.3 is 5.97 Å². The van der Waals surface area contributed by atoms with Crippen LogP contribution in [-0.4, -0.2) is 65.0 Å². The SMILES string of the molecule is C=CCCCC(Cc1ccccc1)C(=O)OCC1CCCN1C(=O)C(CC=C)CC(=O)N(CCO)Cc1ccccc1. The molecule has 0 radical (unpaired) electrons. The summed E-state index contributed by atoms with van der Waals surface area (Å²) in [5.41, 5.74) is 2.05. The summed E-state index contributed by atoms with van der Waals surface area (Å²) in [4.78, 5) is 43.6. The number of aliphatic hydroxyl groups is 1. The second kappa shape index (κ2) is 18.0. The Morgan fingerprint density at radius 3 is 2.33 bits per heavy atom. The van der Waals surface area contributed by atoms with E-state index in [2.05, 4.69) is 13.2 Å². The Hall–Kier alpha value is -3.71. The van der Waals surface area contributed by atoms with Gasteiger partial charge in [0.25, 0.3) is 0 Å². The van der Waals surface area contributed by atoms with Crippen molar-refractivity contribution in [1.82, 2.24) is 9.80 Å². The fraction of sp³-hybridized carbons (Fsp3) is 0.457. The van der Waals surface area contributed by atoms with E-state index in [1.54, 1.807) is 15.9 Å². The summed E-state index contributed by atoms with van der Waals surface area (Å²) in [6, 6.07) is 19.3. The second-order valence-electron chi connectivity index (χ2n) is 11.0. The number of hydrogen-bond donors (Lipinski definition) is 1. The maximum Gasteiger partial charge on any atom is 0.309 e. The van der Waals surface area contributed by atoms with Crippen LogP contribution in [0.25, 0.3) is 0 Å². The normalized spacial score (nSPS) is 15.9. The third kappa shape index (κ3) is 10.3. The smallest absolute Gasteiger partial charge is 0.309 e. The average Bonchev–Trinajstić information content (AvgIpc) is 3.48. The van der Waals surface area contributed by atoms with Gasteiger partial charge in [0.05, 0.1) is 24.5 Å². The lowest BCUT2D eigenvalue weighted by atomic mass is 9.94. The molecule has 7 heteroatoms. The van der Waals surface area contributed by atoms with E-state index < -0.39 is 5.92 Å². The molecule has 1 N–H and O–H groups in total. The van der Waals surface area contributed by atoms with Crippen LogP contribution < -0.4 is 0 Å². The lowest BCUT2D eigenvalue weighted by Gasteiger charge is -2.30. The largest absolute Gasteiger partial charge is 0.463 e. The van der Waals surface area contributed by atoms with Crippen molar-refractivity contribution in [1.29, 1.82) is 0 Å². The van der Waals surface area contributed by atoms with E-state index in [4.69, 9.17) is 4.74 Å². The van der Waals surface area contributed by atoms with Gasteiger partial charge in [-0.25, -0.2) is 0 Å². The third-order valence-electron chi connectivity index (χ3n) is 7.86. The van der Waals surface area contributed by atoms with Gasteiger partial charge in [0.1, 0.15) is 6.61 Å². The maximum atomic E-state index is 13.7. The first-order valence-electron chi connectivity index (χ1n) is 15.1. The highest BCUT2D eigenvalue weighted by Crippen LogP contribution is 2.25. The van der Waals surface area contributed by atoms with Gasteiger partial charge in [-0.3, -0.25) is 14.4 Å². The number of amides is 2. The van der Waals surface area contributed by atoms with Crippen LogP contribution in [0.15, 0.2) is 86.0 Å². The van der Waals surface area contributed by atoms with E-state index in [1.165, 1.54) is 0 Å². The number of likely N-dealkylation sites (tertiary alicyclic amines) is 1. The van der Waals surface area contributed by atoms with Crippen molar-refractivity contribution in [3.63, 3.8) is 0 Å². The molecule has 3 unspecified atom stereocenters. The average molecular weight is 575 g/mol.